The minimum Gasteiger partial charge on any atom is -0.455 e. The van der Waals surface area contributed by atoms with Crippen LogP contribution in [-0.2, 0) is 0 Å². The second kappa shape index (κ2) is 6.01. The number of rotatable bonds is 2. The highest BCUT2D eigenvalue weighted by Gasteiger charge is 2.21. The number of furan rings is 1. The number of fused-ring (bicyclic) bond motifs is 4. The van der Waals surface area contributed by atoms with Gasteiger partial charge in [-0.05, 0) is 42.8 Å². The van der Waals surface area contributed by atoms with E-state index >= 15 is 0 Å². The fourth-order valence-corrected chi connectivity index (χ4v) is 4.03. The van der Waals surface area contributed by atoms with E-state index in [4.69, 9.17) is 9.40 Å². The largest absolute Gasteiger partial charge is 0.455 e. The van der Waals surface area contributed by atoms with Crippen molar-refractivity contribution in [2.75, 3.05) is 0 Å². The van der Waals surface area contributed by atoms with Crippen molar-refractivity contribution in [2.24, 2.45) is 0 Å². The molecule has 0 aliphatic heterocycles. The smallest absolute Gasteiger partial charge is 0.200 e. The zero-order valence-electron chi connectivity index (χ0n) is 15.7. The standard InChI is InChI=1S/C24H16N4O/c1-15-11-12-18(22-21(15)17-9-5-6-10-20(17)29-22)24-26-23-19(13-14-25-27-23)28(24)16-7-3-2-4-8-16/h2-14H,1H3. The number of imidazole rings is 1. The van der Waals surface area contributed by atoms with E-state index in [0.717, 1.165) is 44.5 Å². The van der Waals surface area contributed by atoms with Gasteiger partial charge in [-0.1, -0.05) is 42.5 Å². The monoisotopic (exact) mass is 376 g/mol. The van der Waals surface area contributed by atoms with E-state index in [1.54, 1.807) is 6.20 Å². The van der Waals surface area contributed by atoms with Crippen molar-refractivity contribution in [3.8, 4) is 17.1 Å². The van der Waals surface area contributed by atoms with Crippen molar-refractivity contribution in [1.82, 2.24) is 19.7 Å². The third-order valence-electron chi connectivity index (χ3n) is 5.33. The van der Waals surface area contributed by atoms with Crippen LogP contribution in [0.25, 0.3) is 50.2 Å². The zero-order chi connectivity index (χ0) is 19.4. The van der Waals surface area contributed by atoms with Crippen LogP contribution >= 0.6 is 0 Å². The van der Waals surface area contributed by atoms with E-state index in [2.05, 4.69) is 52.0 Å². The van der Waals surface area contributed by atoms with Crippen LogP contribution in [0.2, 0.25) is 0 Å². The molecule has 29 heavy (non-hydrogen) atoms. The van der Waals surface area contributed by atoms with Crippen LogP contribution in [0.5, 0.6) is 0 Å². The zero-order valence-corrected chi connectivity index (χ0v) is 15.7. The van der Waals surface area contributed by atoms with Crippen LogP contribution < -0.4 is 0 Å². The SMILES string of the molecule is Cc1ccc(-c2nc3nnccc3n2-c2ccccc2)c2oc3ccccc3c12. The predicted molar refractivity (Wildman–Crippen MR) is 114 cm³/mol. The van der Waals surface area contributed by atoms with Gasteiger partial charge in [-0.3, -0.25) is 4.57 Å². The number of nitrogens with zero attached hydrogens (tertiary/aromatic N) is 4. The summed E-state index contributed by atoms with van der Waals surface area (Å²) in [7, 11) is 0. The molecule has 6 rings (SSSR count). The fraction of sp³-hybridized carbons (Fsp3) is 0.0417. The summed E-state index contributed by atoms with van der Waals surface area (Å²) in [5, 5.41) is 10.5. The van der Waals surface area contributed by atoms with Gasteiger partial charge < -0.3 is 4.42 Å². The number of aromatic nitrogens is 4. The van der Waals surface area contributed by atoms with Gasteiger partial charge in [-0.25, -0.2) is 4.98 Å². The Labute approximate surface area is 166 Å². The van der Waals surface area contributed by atoms with Crippen molar-refractivity contribution >= 4 is 33.1 Å². The first-order valence-corrected chi connectivity index (χ1v) is 9.48. The highest BCUT2D eigenvalue weighted by molar-refractivity contribution is 6.11. The quantitative estimate of drug-likeness (QED) is 0.389. The summed E-state index contributed by atoms with van der Waals surface area (Å²) in [6.07, 6.45) is 1.69. The molecule has 6 aromatic rings. The van der Waals surface area contributed by atoms with Gasteiger partial charge in [0.2, 0.25) is 5.65 Å². The molecule has 5 heteroatoms. The lowest BCUT2D eigenvalue weighted by atomic mass is 10.0. The summed E-state index contributed by atoms with van der Waals surface area (Å²) < 4.78 is 8.43. The van der Waals surface area contributed by atoms with Crippen molar-refractivity contribution in [2.45, 2.75) is 6.92 Å². The van der Waals surface area contributed by atoms with E-state index in [9.17, 15) is 0 Å². The van der Waals surface area contributed by atoms with Gasteiger partial charge in [-0.15, -0.1) is 5.10 Å². The van der Waals surface area contributed by atoms with E-state index < -0.39 is 0 Å². The number of para-hydroxylation sites is 2. The van der Waals surface area contributed by atoms with Crippen LogP contribution in [-0.4, -0.2) is 19.7 Å². The molecule has 0 spiro atoms. The van der Waals surface area contributed by atoms with Crippen molar-refractivity contribution in [3.05, 3.63) is 84.6 Å². The molecule has 0 amide bonds. The van der Waals surface area contributed by atoms with E-state index in [1.807, 2.05) is 42.5 Å². The minimum atomic E-state index is 0.608. The summed E-state index contributed by atoms with van der Waals surface area (Å²) in [6, 6.07) is 24.5. The number of aryl methyl sites for hydroxylation is 1. The van der Waals surface area contributed by atoms with Gasteiger partial charge in [0.1, 0.15) is 11.2 Å². The molecule has 0 aliphatic rings. The fourth-order valence-electron chi connectivity index (χ4n) is 4.03. The van der Waals surface area contributed by atoms with E-state index in [0.29, 0.717) is 5.65 Å². The summed E-state index contributed by atoms with van der Waals surface area (Å²) in [5.41, 5.74) is 6.36. The first-order valence-electron chi connectivity index (χ1n) is 9.48. The predicted octanol–water partition coefficient (Wildman–Crippen LogP) is 5.69. The molecule has 3 aromatic heterocycles. The lowest BCUT2D eigenvalue weighted by Crippen LogP contribution is -1.98. The normalized spacial score (nSPS) is 11.6. The number of hydrogen-bond donors (Lipinski definition) is 0. The van der Waals surface area contributed by atoms with Crippen molar-refractivity contribution < 1.29 is 4.42 Å². The van der Waals surface area contributed by atoms with Crippen LogP contribution in [0.15, 0.2) is 83.4 Å². The molecule has 5 nitrogen and oxygen atoms in total. The molecule has 0 bridgehead atoms. The van der Waals surface area contributed by atoms with E-state index in [1.165, 1.54) is 5.56 Å². The minimum absolute atomic E-state index is 0.608. The van der Waals surface area contributed by atoms with Gasteiger partial charge in [0.25, 0.3) is 0 Å². The Bertz CT molecular complexity index is 1510. The molecule has 0 saturated heterocycles. The molecule has 0 fully saturated rings. The molecular formula is C24H16N4O. The van der Waals surface area contributed by atoms with Gasteiger partial charge in [0.05, 0.1) is 17.3 Å². The lowest BCUT2D eigenvalue weighted by Gasteiger charge is -2.10. The summed E-state index contributed by atoms with van der Waals surface area (Å²) >= 11 is 0. The first kappa shape index (κ1) is 16.0. The van der Waals surface area contributed by atoms with Crippen LogP contribution in [0.1, 0.15) is 5.56 Å². The van der Waals surface area contributed by atoms with Crippen molar-refractivity contribution in [3.63, 3.8) is 0 Å². The highest BCUT2D eigenvalue weighted by atomic mass is 16.3. The second-order valence-corrected chi connectivity index (χ2v) is 7.08. The summed E-state index contributed by atoms with van der Waals surface area (Å²) in [5.74, 6) is 0.788. The number of hydrogen-bond acceptors (Lipinski definition) is 4. The Morgan fingerprint density at radius 3 is 2.59 bits per heavy atom. The molecule has 0 saturated carbocycles. The molecule has 3 aromatic carbocycles. The summed E-state index contributed by atoms with van der Waals surface area (Å²) in [6.45, 7) is 2.11. The van der Waals surface area contributed by atoms with Gasteiger partial charge in [-0.2, -0.15) is 5.10 Å². The molecule has 138 valence electrons. The molecule has 3 heterocycles. The molecule has 0 N–H and O–H groups in total. The highest BCUT2D eigenvalue weighted by Crippen LogP contribution is 2.38. The maximum atomic E-state index is 6.32. The summed E-state index contributed by atoms with van der Waals surface area (Å²) in [4.78, 5) is 4.84. The van der Waals surface area contributed by atoms with Crippen LogP contribution in [0.4, 0.5) is 0 Å². The maximum absolute atomic E-state index is 6.32. The van der Waals surface area contributed by atoms with Gasteiger partial charge in [0.15, 0.2) is 5.82 Å². The molecular weight excluding hydrogens is 360 g/mol. The average Bonchev–Trinajstić information content (AvgIpc) is 3.34. The Balaban J connectivity index is 1.76. The molecule has 0 aliphatic carbocycles. The third-order valence-corrected chi connectivity index (χ3v) is 5.33. The Hall–Kier alpha value is -3.99. The topological polar surface area (TPSA) is 56.7 Å². The Morgan fingerprint density at radius 1 is 0.862 bits per heavy atom. The average molecular weight is 376 g/mol. The van der Waals surface area contributed by atoms with Crippen LogP contribution in [0.3, 0.4) is 0 Å². The molecule has 0 unspecified atom stereocenters. The Morgan fingerprint density at radius 2 is 1.69 bits per heavy atom. The second-order valence-electron chi connectivity index (χ2n) is 7.08. The molecule has 0 atom stereocenters. The molecule has 0 radical (unpaired) electrons. The van der Waals surface area contributed by atoms with Gasteiger partial charge >= 0.3 is 0 Å². The van der Waals surface area contributed by atoms with Crippen molar-refractivity contribution in [1.29, 1.82) is 0 Å². The Kier molecular flexibility index (Phi) is 3.32. The maximum Gasteiger partial charge on any atom is 0.200 e. The number of benzene rings is 3. The van der Waals surface area contributed by atoms with E-state index in [-0.39, 0.29) is 0 Å². The first-order chi connectivity index (χ1) is 14.3. The third kappa shape index (κ3) is 2.31. The van der Waals surface area contributed by atoms with Crippen LogP contribution in [0, 0.1) is 6.92 Å². The lowest BCUT2D eigenvalue weighted by molar-refractivity contribution is 0.669. The van der Waals surface area contributed by atoms with Gasteiger partial charge in [0, 0.05) is 16.5 Å².